The molecular formula is C15H19ClN2O3. The number of primary amides is 1. The van der Waals surface area contributed by atoms with Gasteiger partial charge in [0, 0.05) is 18.1 Å². The van der Waals surface area contributed by atoms with Gasteiger partial charge in [0.25, 0.3) is 5.91 Å². The number of rotatable bonds is 5. The second-order valence-electron chi connectivity index (χ2n) is 5.13. The molecule has 1 aliphatic rings. The summed E-state index contributed by atoms with van der Waals surface area (Å²) in [6.45, 7) is 3.40. The lowest BCUT2D eigenvalue weighted by Crippen LogP contribution is -2.32. The summed E-state index contributed by atoms with van der Waals surface area (Å²) in [4.78, 5) is 25.4. The molecule has 1 aromatic carbocycles. The van der Waals surface area contributed by atoms with E-state index in [1.165, 1.54) is 0 Å². The summed E-state index contributed by atoms with van der Waals surface area (Å²) in [5, 5.41) is 0.479. The zero-order valence-electron chi connectivity index (χ0n) is 12.0. The van der Waals surface area contributed by atoms with Gasteiger partial charge in [-0.05, 0) is 31.0 Å². The Balaban J connectivity index is 2.18. The van der Waals surface area contributed by atoms with Gasteiger partial charge in [0.15, 0.2) is 0 Å². The fourth-order valence-corrected chi connectivity index (χ4v) is 2.53. The average molecular weight is 311 g/mol. The Hall–Kier alpha value is -1.75. The lowest BCUT2D eigenvalue weighted by molar-refractivity contribution is -0.121. The van der Waals surface area contributed by atoms with Crippen molar-refractivity contribution < 1.29 is 14.3 Å². The third-order valence-corrected chi connectivity index (χ3v) is 3.75. The normalized spacial score (nSPS) is 17.8. The van der Waals surface area contributed by atoms with Crippen LogP contribution in [0.5, 0.6) is 5.75 Å². The number of nitrogens with two attached hydrogens (primary N) is 1. The minimum Gasteiger partial charge on any atom is -0.493 e. The average Bonchev–Trinajstić information content (AvgIpc) is 2.95. The smallest absolute Gasteiger partial charge is 0.257 e. The van der Waals surface area contributed by atoms with Crippen molar-refractivity contribution in [3.63, 3.8) is 0 Å². The minimum absolute atomic E-state index is 0.174. The van der Waals surface area contributed by atoms with Gasteiger partial charge in [-0.25, -0.2) is 0 Å². The lowest BCUT2D eigenvalue weighted by Gasteiger charge is -2.18. The Bertz CT molecular complexity index is 548. The molecule has 114 valence electrons. The zero-order chi connectivity index (χ0) is 15.4. The molecule has 1 saturated heterocycles. The summed E-state index contributed by atoms with van der Waals surface area (Å²) in [7, 11) is 0. The molecule has 0 radical (unpaired) electrons. The number of carbonyl (C=O) groups is 2. The van der Waals surface area contributed by atoms with Crippen molar-refractivity contribution in [1.29, 1.82) is 0 Å². The maximum absolute atomic E-state index is 12.6. The molecular weight excluding hydrogens is 292 g/mol. The van der Waals surface area contributed by atoms with Crippen LogP contribution >= 0.6 is 11.6 Å². The summed E-state index contributed by atoms with van der Waals surface area (Å²) in [5.41, 5.74) is 5.73. The van der Waals surface area contributed by atoms with Crippen LogP contribution < -0.4 is 10.5 Å². The molecule has 1 atom stereocenters. The predicted molar refractivity (Wildman–Crippen MR) is 80.4 cm³/mol. The number of benzene rings is 1. The first-order valence-electron chi connectivity index (χ1n) is 7.04. The van der Waals surface area contributed by atoms with Crippen molar-refractivity contribution in [1.82, 2.24) is 4.90 Å². The van der Waals surface area contributed by atoms with Gasteiger partial charge in [-0.3, -0.25) is 9.59 Å². The van der Waals surface area contributed by atoms with E-state index in [0.717, 1.165) is 6.42 Å². The van der Waals surface area contributed by atoms with Crippen LogP contribution in [0.3, 0.4) is 0 Å². The Labute approximate surface area is 129 Å². The first-order chi connectivity index (χ1) is 10.0. The molecule has 0 saturated carbocycles. The molecule has 0 aromatic heterocycles. The molecule has 1 aliphatic heterocycles. The molecule has 2 N–H and O–H groups in total. The van der Waals surface area contributed by atoms with Gasteiger partial charge in [0.05, 0.1) is 18.1 Å². The number of amides is 2. The summed E-state index contributed by atoms with van der Waals surface area (Å²) < 4.78 is 5.60. The fourth-order valence-electron chi connectivity index (χ4n) is 2.35. The van der Waals surface area contributed by atoms with E-state index in [9.17, 15) is 9.59 Å². The van der Waals surface area contributed by atoms with Gasteiger partial charge in [-0.15, -0.1) is 0 Å². The summed E-state index contributed by atoms with van der Waals surface area (Å²) in [6.07, 6.45) is 1.45. The molecule has 1 fully saturated rings. The van der Waals surface area contributed by atoms with Crippen LogP contribution in [0.4, 0.5) is 0 Å². The summed E-state index contributed by atoms with van der Waals surface area (Å²) in [6, 6.07) is 5.00. The van der Waals surface area contributed by atoms with Crippen molar-refractivity contribution in [2.45, 2.75) is 19.8 Å². The molecule has 0 spiro atoms. The van der Waals surface area contributed by atoms with Crippen molar-refractivity contribution >= 4 is 23.4 Å². The van der Waals surface area contributed by atoms with Crippen LogP contribution in [0.2, 0.25) is 5.02 Å². The molecule has 2 rings (SSSR count). The molecule has 1 heterocycles. The Kier molecular flexibility index (Phi) is 5.07. The number of halogens is 1. The number of nitrogens with zero attached hydrogens (tertiary/aromatic N) is 1. The molecule has 1 aromatic rings. The van der Waals surface area contributed by atoms with E-state index in [0.29, 0.717) is 42.5 Å². The monoisotopic (exact) mass is 310 g/mol. The van der Waals surface area contributed by atoms with E-state index in [-0.39, 0.29) is 17.7 Å². The molecule has 0 aliphatic carbocycles. The van der Waals surface area contributed by atoms with Crippen LogP contribution in [0.1, 0.15) is 30.1 Å². The highest BCUT2D eigenvalue weighted by atomic mass is 35.5. The molecule has 6 heteroatoms. The van der Waals surface area contributed by atoms with Gasteiger partial charge in [0.1, 0.15) is 5.75 Å². The van der Waals surface area contributed by atoms with E-state index >= 15 is 0 Å². The Morgan fingerprint density at radius 1 is 1.48 bits per heavy atom. The van der Waals surface area contributed by atoms with Crippen molar-refractivity contribution in [2.75, 3.05) is 19.7 Å². The number of hydrogen-bond acceptors (Lipinski definition) is 3. The summed E-state index contributed by atoms with van der Waals surface area (Å²) >= 11 is 5.98. The van der Waals surface area contributed by atoms with E-state index < -0.39 is 0 Å². The van der Waals surface area contributed by atoms with Crippen LogP contribution in [0.25, 0.3) is 0 Å². The van der Waals surface area contributed by atoms with Crippen LogP contribution in [0.15, 0.2) is 18.2 Å². The second kappa shape index (κ2) is 6.80. The highest BCUT2D eigenvalue weighted by Gasteiger charge is 2.31. The molecule has 21 heavy (non-hydrogen) atoms. The number of carbonyl (C=O) groups excluding carboxylic acids is 2. The fraction of sp³-hybridized carbons (Fsp3) is 0.467. The van der Waals surface area contributed by atoms with E-state index in [4.69, 9.17) is 22.1 Å². The van der Waals surface area contributed by atoms with E-state index in [1.54, 1.807) is 23.1 Å². The SMILES string of the molecule is CCCOc1ccc(Cl)cc1C(=O)N1CC[C@@H](C(N)=O)C1. The van der Waals surface area contributed by atoms with E-state index in [1.807, 2.05) is 6.92 Å². The zero-order valence-corrected chi connectivity index (χ0v) is 12.7. The van der Waals surface area contributed by atoms with Gasteiger partial charge in [0.2, 0.25) is 5.91 Å². The van der Waals surface area contributed by atoms with Crippen molar-refractivity contribution in [3.8, 4) is 5.75 Å². The van der Waals surface area contributed by atoms with Crippen LogP contribution in [0, 0.1) is 5.92 Å². The predicted octanol–water partition coefficient (Wildman–Crippen LogP) is 2.08. The topological polar surface area (TPSA) is 72.6 Å². The third-order valence-electron chi connectivity index (χ3n) is 3.51. The van der Waals surface area contributed by atoms with Gasteiger partial charge in [-0.2, -0.15) is 0 Å². The Morgan fingerprint density at radius 3 is 2.86 bits per heavy atom. The molecule has 0 unspecified atom stereocenters. The maximum atomic E-state index is 12.6. The van der Waals surface area contributed by atoms with Gasteiger partial charge >= 0.3 is 0 Å². The minimum atomic E-state index is -0.362. The first kappa shape index (κ1) is 15.6. The molecule has 5 nitrogen and oxygen atoms in total. The Morgan fingerprint density at radius 2 is 2.24 bits per heavy atom. The molecule has 0 bridgehead atoms. The number of hydrogen-bond donors (Lipinski definition) is 1. The van der Waals surface area contributed by atoms with Crippen molar-refractivity contribution in [3.05, 3.63) is 28.8 Å². The quantitative estimate of drug-likeness (QED) is 0.905. The number of ether oxygens (including phenoxy) is 1. The second-order valence-corrected chi connectivity index (χ2v) is 5.56. The highest BCUT2D eigenvalue weighted by molar-refractivity contribution is 6.31. The largest absolute Gasteiger partial charge is 0.493 e. The van der Waals surface area contributed by atoms with Crippen LogP contribution in [-0.2, 0) is 4.79 Å². The number of likely N-dealkylation sites (tertiary alicyclic amines) is 1. The standard InChI is InChI=1S/C15H19ClN2O3/c1-2-7-21-13-4-3-11(16)8-12(13)15(20)18-6-5-10(9-18)14(17)19/h3-4,8,10H,2,5-7,9H2,1H3,(H2,17,19)/t10-/m1/s1. The van der Waals surface area contributed by atoms with E-state index in [2.05, 4.69) is 0 Å². The maximum Gasteiger partial charge on any atom is 0.257 e. The molecule has 2 amide bonds. The third kappa shape index (κ3) is 3.67. The van der Waals surface area contributed by atoms with Gasteiger partial charge in [-0.1, -0.05) is 18.5 Å². The lowest BCUT2D eigenvalue weighted by atomic mass is 10.1. The first-order valence-corrected chi connectivity index (χ1v) is 7.41. The summed E-state index contributed by atoms with van der Waals surface area (Å²) in [5.74, 6) is -0.284. The highest BCUT2D eigenvalue weighted by Crippen LogP contribution is 2.27. The van der Waals surface area contributed by atoms with Gasteiger partial charge < -0.3 is 15.4 Å². The van der Waals surface area contributed by atoms with Crippen LogP contribution in [-0.4, -0.2) is 36.4 Å². The van der Waals surface area contributed by atoms with Crippen molar-refractivity contribution in [2.24, 2.45) is 11.7 Å².